The summed E-state index contributed by atoms with van der Waals surface area (Å²) in [5.41, 5.74) is 1.93. The summed E-state index contributed by atoms with van der Waals surface area (Å²) in [4.78, 5) is 23.3. The number of fused-ring (bicyclic) bond motifs is 1. The zero-order chi connectivity index (χ0) is 17.9. The monoisotopic (exact) mass is 365 g/mol. The average molecular weight is 365 g/mol. The van der Waals surface area contributed by atoms with Crippen LogP contribution in [0.4, 0.5) is 0 Å². The summed E-state index contributed by atoms with van der Waals surface area (Å²) in [5.74, 6) is 1.38. The second-order valence-corrected chi connectivity index (χ2v) is 6.97. The van der Waals surface area contributed by atoms with Gasteiger partial charge in [0.25, 0.3) is 5.56 Å². The lowest BCUT2D eigenvalue weighted by Crippen LogP contribution is -2.25. The van der Waals surface area contributed by atoms with E-state index in [1.165, 1.54) is 16.9 Å². The third-order valence-electron chi connectivity index (χ3n) is 4.35. The van der Waals surface area contributed by atoms with Crippen molar-refractivity contribution in [1.82, 2.24) is 14.9 Å². The SMILES string of the molecule is CCN(Cc1ccccc1)Cc1nc2scc(-c3ccco3)c2c(=O)[nH]1. The van der Waals surface area contributed by atoms with Crippen LogP contribution in [0.15, 0.2) is 63.3 Å². The molecule has 1 aromatic carbocycles. The standard InChI is InChI=1S/C20H19N3O2S/c1-2-23(11-14-7-4-3-5-8-14)12-17-21-19(24)18-15(13-26-20(18)22-17)16-9-6-10-25-16/h3-10,13H,2,11-12H2,1H3,(H,21,22,24). The molecule has 26 heavy (non-hydrogen) atoms. The summed E-state index contributed by atoms with van der Waals surface area (Å²) in [6.07, 6.45) is 1.61. The van der Waals surface area contributed by atoms with Gasteiger partial charge >= 0.3 is 0 Å². The van der Waals surface area contributed by atoms with Crippen LogP contribution in [0.5, 0.6) is 0 Å². The summed E-state index contributed by atoms with van der Waals surface area (Å²) >= 11 is 1.47. The minimum absolute atomic E-state index is 0.117. The minimum atomic E-state index is -0.117. The van der Waals surface area contributed by atoms with Crippen LogP contribution in [0.2, 0.25) is 0 Å². The molecule has 0 spiro atoms. The largest absolute Gasteiger partial charge is 0.464 e. The number of hydrogen-bond acceptors (Lipinski definition) is 5. The third kappa shape index (κ3) is 3.34. The molecule has 0 aliphatic rings. The topological polar surface area (TPSA) is 62.1 Å². The molecule has 0 aliphatic heterocycles. The van der Waals surface area contributed by atoms with Gasteiger partial charge in [-0.15, -0.1) is 11.3 Å². The van der Waals surface area contributed by atoms with E-state index in [9.17, 15) is 4.79 Å². The quantitative estimate of drug-likeness (QED) is 0.554. The molecule has 1 N–H and O–H groups in total. The molecule has 6 heteroatoms. The van der Waals surface area contributed by atoms with Gasteiger partial charge in [0.2, 0.25) is 0 Å². The Labute approximate surface area is 154 Å². The molecule has 4 rings (SSSR count). The van der Waals surface area contributed by atoms with E-state index in [-0.39, 0.29) is 5.56 Å². The molecule has 0 aliphatic carbocycles. The number of nitrogens with one attached hydrogen (secondary N) is 1. The lowest BCUT2D eigenvalue weighted by molar-refractivity contribution is 0.264. The Kier molecular flexibility index (Phi) is 4.69. The van der Waals surface area contributed by atoms with E-state index in [1.54, 1.807) is 6.26 Å². The number of H-pyrrole nitrogens is 1. The van der Waals surface area contributed by atoms with E-state index in [4.69, 9.17) is 4.42 Å². The average Bonchev–Trinajstić information content (AvgIpc) is 3.31. The first-order chi connectivity index (χ1) is 12.7. The number of furan rings is 1. The summed E-state index contributed by atoms with van der Waals surface area (Å²) in [7, 11) is 0. The van der Waals surface area contributed by atoms with Gasteiger partial charge in [0, 0.05) is 17.5 Å². The van der Waals surface area contributed by atoms with Crippen LogP contribution in [-0.4, -0.2) is 21.4 Å². The van der Waals surface area contributed by atoms with E-state index >= 15 is 0 Å². The van der Waals surface area contributed by atoms with Crippen molar-refractivity contribution in [2.45, 2.75) is 20.0 Å². The minimum Gasteiger partial charge on any atom is -0.464 e. The van der Waals surface area contributed by atoms with Crippen LogP contribution in [-0.2, 0) is 13.1 Å². The first-order valence-corrected chi connectivity index (χ1v) is 9.43. The fourth-order valence-corrected chi connectivity index (χ4v) is 3.96. The smallest absolute Gasteiger partial charge is 0.260 e. The van der Waals surface area contributed by atoms with E-state index in [0.29, 0.717) is 23.5 Å². The van der Waals surface area contributed by atoms with Crippen molar-refractivity contribution in [3.8, 4) is 11.3 Å². The summed E-state index contributed by atoms with van der Waals surface area (Å²) in [6.45, 7) is 4.41. The van der Waals surface area contributed by atoms with Gasteiger partial charge in [-0.25, -0.2) is 4.98 Å². The second-order valence-electron chi connectivity index (χ2n) is 6.11. The molecule has 3 aromatic heterocycles. The Morgan fingerprint density at radius 3 is 2.73 bits per heavy atom. The van der Waals surface area contributed by atoms with Gasteiger partial charge < -0.3 is 9.40 Å². The molecule has 3 heterocycles. The first-order valence-electron chi connectivity index (χ1n) is 8.55. The second kappa shape index (κ2) is 7.27. The maximum atomic E-state index is 12.7. The molecule has 0 saturated heterocycles. The third-order valence-corrected chi connectivity index (χ3v) is 5.22. The van der Waals surface area contributed by atoms with Gasteiger partial charge in [0.1, 0.15) is 16.4 Å². The van der Waals surface area contributed by atoms with Gasteiger partial charge in [-0.05, 0) is 24.2 Å². The number of benzene rings is 1. The van der Waals surface area contributed by atoms with Crippen molar-refractivity contribution < 1.29 is 4.42 Å². The molecule has 0 unspecified atom stereocenters. The normalized spacial score (nSPS) is 11.5. The van der Waals surface area contributed by atoms with Gasteiger partial charge in [0.05, 0.1) is 18.2 Å². The van der Waals surface area contributed by atoms with Crippen LogP contribution < -0.4 is 5.56 Å². The Morgan fingerprint density at radius 2 is 2.00 bits per heavy atom. The van der Waals surface area contributed by atoms with Crippen molar-refractivity contribution in [2.75, 3.05) is 6.54 Å². The van der Waals surface area contributed by atoms with Crippen molar-refractivity contribution in [3.63, 3.8) is 0 Å². The lowest BCUT2D eigenvalue weighted by atomic mass is 10.2. The Hall–Kier alpha value is -2.70. The van der Waals surface area contributed by atoms with Crippen LogP contribution >= 0.6 is 11.3 Å². The highest BCUT2D eigenvalue weighted by Gasteiger charge is 2.15. The number of nitrogens with zero attached hydrogens (tertiary/aromatic N) is 2. The zero-order valence-electron chi connectivity index (χ0n) is 14.4. The van der Waals surface area contributed by atoms with Crippen molar-refractivity contribution in [1.29, 1.82) is 0 Å². The predicted octanol–water partition coefficient (Wildman–Crippen LogP) is 4.27. The first kappa shape index (κ1) is 16.8. The maximum Gasteiger partial charge on any atom is 0.260 e. The highest BCUT2D eigenvalue weighted by molar-refractivity contribution is 7.17. The van der Waals surface area contributed by atoms with Crippen molar-refractivity contribution in [2.24, 2.45) is 0 Å². The fourth-order valence-electron chi connectivity index (χ4n) is 3.01. The van der Waals surface area contributed by atoms with Gasteiger partial charge in [-0.1, -0.05) is 37.3 Å². The zero-order valence-corrected chi connectivity index (χ0v) is 15.3. The predicted molar refractivity (Wildman–Crippen MR) is 104 cm³/mol. The number of aromatic nitrogens is 2. The molecular weight excluding hydrogens is 346 g/mol. The van der Waals surface area contributed by atoms with Gasteiger partial charge in [-0.3, -0.25) is 9.69 Å². The van der Waals surface area contributed by atoms with E-state index in [1.807, 2.05) is 35.7 Å². The molecule has 0 bridgehead atoms. The van der Waals surface area contributed by atoms with E-state index in [2.05, 4.69) is 33.9 Å². The summed E-state index contributed by atoms with van der Waals surface area (Å²) in [5, 5.41) is 2.52. The van der Waals surface area contributed by atoms with E-state index < -0.39 is 0 Å². The molecule has 0 fully saturated rings. The number of rotatable bonds is 6. The molecular formula is C20H19N3O2S. The van der Waals surface area contributed by atoms with Crippen LogP contribution in [0.1, 0.15) is 18.3 Å². The molecule has 4 aromatic rings. The van der Waals surface area contributed by atoms with Crippen molar-refractivity contribution >= 4 is 21.6 Å². The molecule has 5 nitrogen and oxygen atoms in total. The number of aromatic amines is 1. The van der Waals surface area contributed by atoms with Gasteiger partial charge in [0.15, 0.2) is 0 Å². The molecule has 0 saturated carbocycles. The molecule has 0 atom stereocenters. The molecule has 132 valence electrons. The molecule has 0 radical (unpaired) electrons. The van der Waals surface area contributed by atoms with Crippen molar-refractivity contribution in [3.05, 3.63) is 75.8 Å². The van der Waals surface area contributed by atoms with Gasteiger partial charge in [-0.2, -0.15) is 0 Å². The molecule has 0 amide bonds. The van der Waals surface area contributed by atoms with E-state index in [0.717, 1.165) is 23.5 Å². The number of thiophene rings is 1. The van der Waals surface area contributed by atoms with Crippen LogP contribution in [0.25, 0.3) is 21.5 Å². The highest BCUT2D eigenvalue weighted by atomic mass is 32.1. The Balaban J connectivity index is 1.62. The maximum absolute atomic E-state index is 12.7. The fraction of sp³-hybridized carbons (Fsp3) is 0.200. The summed E-state index contributed by atoms with van der Waals surface area (Å²) < 4.78 is 5.44. The van der Waals surface area contributed by atoms with Crippen LogP contribution in [0.3, 0.4) is 0 Å². The highest BCUT2D eigenvalue weighted by Crippen LogP contribution is 2.30. The number of hydrogen-bond donors (Lipinski definition) is 1. The summed E-state index contributed by atoms with van der Waals surface area (Å²) in [6, 6.07) is 14.0. The Bertz CT molecular complexity index is 1050. The lowest BCUT2D eigenvalue weighted by Gasteiger charge is -2.19. The Morgan fingerprint density at radius 1 is 1.15 bits per heavy atom. The van der Waals surface area contributed by atoms with Crippen LogP contribution in [0, 0.1) is 0 Å².